The molecule has 0 radical (unpaired) electrons. The fourth-order valence-corrected chi connectivity index (χ4v) is 3.86. The number of halogens is 1. The van der Waals surface area contributed by atoms with Crippen molar-refractivity contribution in [3.8, 4) is 22.4 Å². The highest BCUT2D eigenvalue weighted by Gasteiger charge is 2.20. The van der Waals surface area contributed by atoms with Gasteiger partial charge in [0.25, 0.3) is 0 Å². The van der Waals surface area contributed by atoms with Crippen molar-refractivity contribution in [3.63, 3.8) is 0 Å². The molecular formula is C22H23ClN4. The van der Waals surface area contributed by atoms with E-state index >= 15 is 0 Å². The van der Waals surface area contributed by atoms with E-state index in [1.54, 1.807) is 6.20 Å². The number of hydrogen-bond acceptors (Lipinski definition) is 4. The lowest BCUT2D eigenvalue weighted by Crippen LogP contribution is -2.35. The summed E-state index contributed by atoms with van der Waals surface area (Å²) in [6.07, 6.45) is 5.95. The Morgan fingerprint density at radius 1 is 0.963 bits per heavy atom. The van der Waals surface area contributed by atoms with E-state index in [9.17, 15) is 0 Å². The van der Waals surface area contributed by atoms with Crippen LogP contribution in [-0.2, 0) is 0 Å². The van der Waals surface area contributed by atoms with Gasteiger partial charge in [-0.3, -0.25) is 0 Å². The first-order chi connectivity index (χ1) is 13.2. The van der Waals surface area contributed by atoms with Gasteiger partial charge in [-0.2, -0.15) is 0 Å². The Morgan fingerprint density at radius 2 is 1.74 bits per heavy atom. The summed E-state index contributed by atoms with van der Waals surface area (Å²) in [6, 6.07) is 19.1. The molecule has 4 nitrogen and oxygen atoms in total. The van der Waals surface area contributed by atoms with Crippen molar-refractivity contribution in [3.05, 3.63) is 65.8 Å². The van der Waals surface area contributed by atoms with E-state index in [1.165, 1.54) is 5.56 Å². The van der Waals surface area contributed by atoms with Crippen molar-refractivity contribution in [2.24, 2.45) is 5.73 Å². The zero-order valence-electron chi connectivity index (χ0n) is 15.1. The molecule has 3 N–H and O–H groups in total. The fourth-order valence-electron chi connectivity index (χ4n) is 3.66. The van der Waals surface area contributed by atoms with Crippen molar-refractivity contribution < 1.29 is 0 Å². The second-order valence-corrected chi connectivity index (χ2v) is 7.51. The van der Waals surface area contributed by atoms with Crippen molar-refractivity contribution in [2.75, 3.05) is 5.32 Å². The summed E-state index contributed by atoms with van der Waals surface area (Å²) in [5, 5.41) is 3.98. The molecule has 4 rings (SSSR count). The van der Waals surface area contributed by atoms with Gasteiger partial charge in [0, 0.05) is 17.6 Å². The van der Waals surface area contributed by atoms with Crippen LogP contribution in [0.4, 0.5) is 5.95 Å². The van der Waals surface area contributed by atoms with E-state index < -0.39 is 0 Å². The maximum absolute atomic E-state index is 6.42. The van der Waals surface area contributed by atoms with Gasteiger partial charge >= 0.3 is 0 Å². The highest BCUT2D eigenvalue weighted by atomic mass is 35.5. The van der Waals surface area contributed by atoms with E-state index in [0.717, 1.165) is 42.5 Å². The van der Waals surface area contributed by atoms with Gasteiger partial charge in [-0.1, -0.05) is 60.1 Å². The summed E-state index contributed by atoms with van der Waals surface area (Å²) < 4.78 is 0. The molecule has 2 aromatic carbocycles. The van der Waals surface area contributed by atoms with E-state index in [-0.39, 0.29) is 6.04 Å². The molecule has 27 heavy (non-hydrogen) atoms. The Kier molecular flexibility index (Phi) is 5.37. The van der Waals surface area contributed by atoms with E-state index in [2.05, 4.69) is 34.6 Å². The predicted octanol–water partition coefficient (Wildman–Crippen LogP) is 5.15. The second-order valence-electron chi connectivity index (χ2n) is 7.10. The summed E-state index contributed by atoms with van der Waals surface area (Å²) >= 11 is 6.42. The van der Waals surface area contributed by atoms with Crippen LogP contribution in [0.5, 0.6) is 0 Å². The normalized spacial score (nSPS) is 19.6. The van der Waals surface area contributed by atoms with Crippen molar-refractivity contribution in [1.82, 2.24) is 9.97 Å². The van der Waals surface area contributed by atoms with Gasteiger partial charge < -0.3 is 11.1 Å². The molecule has 1 aromatic heterocycles. The van der Waals surface area contributed by atoms with Gasteiger partial charge in [-0.25, -0.2) is 9.97 Å². The smallest absolute Gasteiger partial charge is 0.223 e. The Bertz CT molecular complexity index is 913. The predicted molar refractivity (Wildman–Crippen MR) is 112 cm³/mol. The Morgan fingerprint density at radius 3 is 2.56 bits per heavy atom. The molecule has 1 aliphatic rings. The molecule has 0 spiro atoms. The first-order valence-corrected chi connectivity index (χ1v) is 9.77. The first kappa shape index (κ1) is 18.0. The highest BCUT2D eigenvalue weighted by Crippen LogP contribution is 2.30. The van der Waals surface area contributed by atoms with Crippen LogP contribution in [0.1, 0.15) is 25.7 Å². The molecule has 1 saturated carbocycles. The van der Waals surface area contributed by atoms with Crippen LogP contribution in [0.2, 0.25) is 5.02 Å². The Labute approximate surface area is 164 Å². The molecule has 0 aliphatic heterocycles. The summed E-state index contributed by atoms with van der Waals surface area (Å²) in [6.45, 7) is 0. The van der Waals surface area contributed by atoms with Crippen LogP contribution in [0.25, 0.3) is 22.4 Å². The third-order valence-corrected chi connectivity index (χ3v) is 5.31. The molecule has 138 valence electrons. The maximum Gasteiger partial charge on any atom is 0.223 e. The van der Waals surface area contributed by atoms with Crippen molar-refractivity contribution in [1.29, 1.82) is 0 Å². The molecule has 0 bridgehead atoms. The molecule has 0 amide bonds. The topological polar surface area (TPSA) is 63.8 Å². The zero-order valence-corrected chi connectivity index (χ0v) is 15.9. The number of nitrogens with zero attached hydrogens (tertiary/aromatic N) is 2. The van der Waals surface area contributed by atoms with Gasteiger partial charge in [0.05, 0.1) is 16.9 Å². The number of aromatic nitrogens is 2. The summed E-state index contributed by atoms with van der Waals surface area (Å²) in [4.78, 5) is 9.07. The third-order valence-electron chi connectivity index (χ3n) is 5.04. The number of rotatable bonds is 4. The second kappa shape index (κ2) is 8.07. The van der Waals surface area contributed by atoms with Crippen LogP contribution < -0.4 is 11.1 Å². The van der Waals surface area contributed by atoms with Crippen LogP contribution in [0.15, 0.2) is 60.8 Å². The molecule has 2 atom stereocenters. The Hall–Kier alpha value is -2.43. The van der Waals surface area contributed by atoms with Crippen LogP contribution >= 0.6 is 11.6 Å². The SMILES string of the molecule is N[C@H]1CCC[C@H](Nc2ncc(Cl)c(-c3cccc(-c4ccccc4)c3)n2)C1. The molecule has 5 heteroatoms. The summed E-state index contributed by atoms with van der Waals surface area (Å²) in [7, 11) is 0. The van der Waals surface area contributed by atoms with Crippen molar-refractivity contribution >= 4 is 17.5 Å². The van der Waals surface area contributed by atoms with Gasteiger partial charge in [0.15, 0.2) is 0 Å². The van der Waals surface area contributed by atoms with Crippen molar-refractivity contribution in [2.45, 2.75) is 37.8 Å². The molecule has 3 aromatic rings. The molecule has 0 saturated heterocycles. The summed E-state index contributed by atoms with van der Waals surface area (Å²) in [5.41, 5.74) is 10.1. The van der Waals surface area contributed by atoms with Gasteiger partial charge in [-0.15, -0.1) is 0 Å². The lowest BCUT2D eigenvalue weighted by Gasteiger charge is -2.27. The minimum absolute atomic E-state index is 0.255. The maximum atomic E-state index is 6.42. The average molecular weight is 379 g/mol. The number of hydrogen-bond donors (Lipinski definition) is 2. The zero-order chi connectivity index (χ0) is 18.6. The number of benzene rings is 2. The molecular weight excluding hydrogens is 356 g/mol. The molecule has 0 unspecified atom stereocenters. The summed E-state index contributed by atoms with van der Waals surface area (Å²) in [5.74, 6) is 0.610. The lowest BCUT2D eigenvalue weighted by atomic mass is 9.92. The minimum Gasteiger partial charge on any atom is -0.351 e. The minimum atomic E-state index is 0.255. The van der Waals surface area contributed by atoms with Crippen LogP contribution in [0.3, 0.4) is 0 Å². The molecule has 1 fully saturated rings. The van der Waals surface area contributed by atoms with Gasteiger partial charge in [-0.05, 0) is 42.9 Å². The average Bonchev–Trinajstić information content (AvgIpc) is 2.70. The Balaban J connectivity index is 1.62. The number of nitrogens with one attached hydrogen (secondary N) is 1. The lowest BCUT2D eigenvalue weighted by molar-refractivity contribution is 0.408. The monoisotopic (exact) mass is 378 g/mol. The largest absolute Gasteiger partial charge is 0.351 e. The molecule has 1 heterocycles. The number of nitrogens with two attached hydrogens (primary N) is 1. The highest BCUT2D eigenvalue weighted by molar-refractivity contribution is 6.32. The van der Waals surface area contributed by atoms with E-state index in [1.807, 2.05) is 30.3 Å². The number of anilines is 1. The quantitative estimate of drug-likeness (QED) is 0.659. The fraction of sp³-hybridized carbons (Fsp3) is 0.273. The van der Waals surface area contributed by atoms with E-state index in [4.69, 9.17) is 22.3 Å². The van der Waals surface area contributed by atoms with Gasteiger partial charge in [0.1, 0.15) is 0 Å². The molecule has 1 aliphatic carbocycles. The first-order valence-electron chi connectivity index (χ1n) is 9.39. The van der Waals surface area contributed by atoms with Crippen LogP contribution in [-0.4, -0.2) is 22.1 Å². The standard InChI is InChI=1S/C22H23ClN4/c23-20-14-25-22(26-19-11-5-10-18(24)13-19)27-21(20)17-9-4-8-16(12-17)15-6-2-1-3-7-15/h1-4,6-9,12,14,18-19H,5,10-11,13,24H2,(H,25,26,27)/t18-,19-/m0/s1. The van der Waals surface area contributed by atoms with Gasteiger partial charge in [0.2, 0.25) is 5.95 Å². The third kappa shape index (κ3) is 4.29. The van der Waals surface area contributed by atoms with E-state index in [0.29, 0.717) is 17.0 Å². The van der Waals surface area contributed by atoms with Crippen LogP contribution in [0, 0.1) is 0 Å².